The van der Waals surface area contributed by atoms with Crippen molar-refractivity contribution in [2.75, 3.05) is 21.3 Å². The molecule has 0 saturated carbocycles. The first-order valence-electron chi connectivity index (χ1n) is 12.4. The van der Waals surface area contributed by atoms with Crippen molar-refractivity contribution in [3.05, 3.63) is 0 Å². The topological polar surface area (TPSA) is 65.0 Å². The summed E-state index contributed by atoms with van der Waals surface area (Å²) in [5, 5.41) is 8.68. The molecule has 0 bridgehead atoms. The summed E-state index contributed by atoms with van der Waals surface area (Å²) in [7, 11) is 5.42. The quantitative estimate of drug-likeness (QED) is 0.181. The molecule has 1 N–H and O–H groups in total. The predicted octanol–water partition coefficient (Wildman–Crippen LogP) is 6.77. The summed E-state index contributed by atoms with van der Waals surface area (Å²) in [6.45, 7) is 2.26. The van der Waals surface area contributed by atoms with E-state index in [4.69, 9.17) is 19.3 Å². The van der Waals surface area contributed by atoms with Gasteiger partial charge in [0.25, 0.3) is 0 Å². The van der Waals surface area contributed by atoms with Crippen LogP contribution in [0, 0.1) is 0 Å². The van der Waals surface area contributed by atoms with Crippen LogP contribution in [0.4, 0.5) is 0 Å². The third-order valence-electron chi connectivity index (χ3n) is 6.12. The minimum atomic E-state index is -0.699. The molecule has 3 unspecified atom stereocenters. The number of carboxylic acid groups (broad SMARTS) is 1. The molecule has 0 aromatic carbocycles. The molecule has 3 atom stereocenters. The maximum Gasteiger partial charge on any atom is 0.303 e. The van der Waals surface area contributed by atoms with Gasteiger partial charge in [0.15, 0.2) is 0 Å². The van der Waals surface area contributed by atoms with Crippen molar-refractivity contribution in [3.8, 4) is 0 Å². The first-order chi connectivity index (χ1) is 14.6. The van der Waals surface area contributed by atoms with Crippen molar-refractivity contribution in [2.24, 2.45) is 0 Å². The Morgan fingerprint density at radius 2 is 1.07 bits per heavy atom. The maximum atomic E-state index is 10.5. The van der Waals surface area contributed by atoms with E-state index < -0.39 is 5.97 Å². The minimum Gasteiger partial charge on any atom is -0.481 e. The van der Waals surface area contributed by atoms with Gasteiger partial charge in [-0.3, -0.25) is 4.79 Å². The summed E-state index contributed by atoms with van der Waals surface area (Å²) >= 11 is 0. The average molecular weight is 431 g/mol. The summed E-state index contributed by atoms with van der Waals surface area (Å²) in [5.74, 6) is -0.699. The molecule has 0 heterocycles. The molecular weight excluding hydrogens is 380 g/mol. The highest BCUT2D eigenvalue weighted by Crippen LogP contribution is 2.20. The van der Waals surface area contributed by atoms with Gasteiger partial charge in [-0.25, -0.2) is 0 Å². The number of hydrogen-bond acceptors (Lipinski definition) is 4. The van der Waals surface area contributed by atoms with Gasteiger partial charge in [-0.15, -0.1) is 0 Å². The fourth-order valence-corrected chi connectivity index (χ4v) is 4.06. The van der Waals surface area contributed by atoms with Crippen LogP contribution in [0.15, 0.2) is 0 Å². The second-order valence-corrected chi connectivity index (χ2v) is 8.64. The van der Waals surface area contributed by atoms with E-state index >= 15 is 0 Å². The molecule has 0 spiro atoms. The Balaban J connectivity index is 3.94. The van der Waals surface area contributed by atoms with Crippen molar-refractivity contribution in [1.82, 2.24) is 0 Å². The van der Waals surface area contributed by atoms with Crippen molar-refractivity contribution in [2.45, 2.75) is 134 Å². The van der Waals surface area contributed by atoms with E-state index in [1.165, 1.54) is 44.9 Å². The summed E-state index contributed by atoms with van der Waals surface area (Å²) in [6.07, 6.45) is 19.4. The number of ether oxygens (including phenoxy) is 3. The lowest BCUT2D eigenvalue weighted by atomic mass is 9.98. The molecule has 180 valence electrons. The van der Waals surface area contributed by atoms with Crippen LogP contribution < -0.4 is 0 Å². The predicted molar refractivity (Wildman–Crippen MR) is 124 cm³/mol. The second kappa shape index (κ2) is 21.6. The van der Waals surface area contributed by atoms with Crippen LogP contribution in [0.3, 0.4) is 0 Å². The van der Waals surface area contributed by atoms with E-state index in [1.807, 2.05) is 7.11 Å². The summed E-state index contributed by atoms with van der Waals surface area (Å²) in [5.41, 5.74) is 0. The van der Waals surface area contributed by atoms with Gasteiger partial charge in [-0.1, -0.05) is 64.7 Å². The highest BCUT2D eigenvalue weighted by Gasteiger charge is 2.17. The zero-order chi connectivity index (χ0) is 22.5. The van der Waals surface area contributed by atoms with E-state index in [1.54, 1.807) is 14.2 Å². The molecular formula is C25H50O5. The van der Waals surface area contributed by atoms with Crippen LogP contribution in [0.2, 0.25) is 0 Å². The van der Waals surface area contributed by atoms with Crippen molar-refractivity contribution < 1.29 is 24.1 Å². The smallest absolute Gasteiger partial charge is 0.303 e. The highest BCUT2D eigenvalue weighted by molar-refractivity contribution is 5.66. The zero-order valence-corrected chi connectivity index (χ0v) is 20.3. The van der Waals surface area contributed by atoms with Gasteiger partial charge in [0.1, 0.15) is 0 Å². The Hall–Kier alpha value is -0.650. The maximum absolute atomic E-state index is 10.5. The fourth-order valence-electron chi connectivity index (χ4n) is 4.06. The molecule has 0 aliphatic heterocycles. The van der Waals surface area contributed by atoms with Crippen LogP contribution >= 0.6 is 0 Å². The molecule has 0 aliphatic rings. The first kappa shape index (κ1) is 29.4. The van der Waals surface area contributed by atoms with Crippen molar-refractivity contribution >= 4 is 5.97 Å². The number of hydrogen-bond donors (Lipinski definition) is 1. The SMILES string of the molecule is CCCCCCCCC(CCCC(CC(CCCCCCC(=O)O)OC)OC)OC. The number of rotatable bonds is 23. The number of unbranched alkanes of at least 4 members (excludes halogenated alkanes) is 8. The number of carbonyl (C=O) groups is 1. The standard InChI is InChI=1S/C25H50O5/c1-5-6-7-8-9-12-16-22(28-2)18-15-19-24(30-4)21-23(29-3)17-13-10-11-14-20-25(26)27/h22-24H,5-21H2,1-4H3,(H,26,27). The number of methoxy groups -OCH3 is 3. The van der Waals surface area contributed by atoms with Gasteiger partial charge in [0.2, 0.25) is 0 Å². The van der Waals surface area contributed by atoms with Gasteiger partial charge < -0.3 is 19.3 Å². The van der Waals surface area contributed by atoms with Crippen LogP contribution in [0.1, 0.15) is 116 Å². The van der Waals surface area contributed by atoms with Crippen LogP contribution in [0.25, 0.3) is 0 Å². The first-order valence-corrected chi connectivity index (χ1v) is 12.4. The molecule has 0 rings (SSSR count). The van der Waals surface area contributed by atoms with Crippen molar-refractivity contribution in [3.63, 3.8) is 0 Å². The highest BCUT2D eigenvalue weighted by atomic mass is 16.5. The third kappa shape index (κ3) is 18.1. The number of carboxylic acids is 1. The van der Waals surface area contributed by atoms with Gasteiger partial charge in [-0.2, -0.15) is 0 Å². The largest absolute Gasteiger partial charge is 0.481 e. The normalized spacial score (nSPS) is 14.5. The van der Waals surface area contributed by atoms with Gasteiger partial charge in [-0.05, 0) is 44.9 Å². The van der Waals surface area contributed by atoms with E-state index in [0.29, 0.717) is 6.10 Å². The third-order valence-corrected chi connectivity index (χ3v) is 6.12. The lowest BCUT2D eigenvalue weighted by Crippen LogP contribution is -2.22. The van der Waals surface area contributed by atoms with Crippen LogP contribution in [-0.4, -0.2) is 50.7 Å². The van der Waals surface area contributed by atoms with Gasteiger partial charge in [0.05, 0.1) is 18.3 Å². The molecule has 0 saturated heterocycles. The van der Waals surface area contributed by atoms with Crippen LogP contribution in [-0.2, 0) is 19.0 Å². The summed E-state index contributed by atoms with van der Waals surface area (Å²) in [4.78, 5) is 10.5. The number of aliphatic carboxylic acids is 1. The Morgan fingerprint density at radius 3 is 1.60 bits per heavy atom. The monoisotopic (exact) mass is 430 g/mol. The van der Waals surface area contributed by atoms with E-state index in [-0.39, 0.29) is 18.6 Å². The Kier molecular flexibility index (Phi) is 21.1. The lowest BCUT2D eigenvalue weighted by molar-refractivity contribution is -0.137. The Labute approximate surface area is 186 Å². The molecule has 0 amide bonds. The fraction of sp³-hybridized carbons (Fsp3) is 0.960. The molecule has 0 fully saturated rings. The van der Waals surface area contributed by atoms with E-state index in [9.17, 15) is 4.79 Å². The van der Waals surface area contributed by atoms with Crippen LogP contribution in [0.5, 0.6) is 0 Å². The van der Waals surface area contributed by atoms with Gasteiger partial charge in [0, 0.05) is 27.8 Å². The zero-order valence-electron chi connectivity index (χ0n) is 20.3. The van der Waals surface area contributed by atoms with Gasteiger partial charge >= 0.3 is 5.97 Å². The molecule has 30 heavy (non-hydrogen) atoms. The van der Waals surface area contributed by atoms with E-state index in [0.717, 1.165) is 57.8 Å². The van der Waals surface area contributed by atoms with Crippen molar-refractivity contribution in [1.29, 1.82) is 0 Å². The lowest BCUT2D eigenvalue weighted by Gasteiger charge is -2.23. The van der Waals surface area contributed by atoms with E-state index in [2.05, 4.69) is 6.92 Å². The molecule has 0 aliphatic carbocycles. The molecule has 0 aromatic heterocycles. The summed E-state index contributed by atoms with van der Waals surface area (Å²) < 4.78 is 17.1. The minimum absolute atomic E-state index is 0.218. The second-order valence-electron chi connectivity index (χ2n) is 8.64. The summed E-state index contributed by atoms with van der Waals surface area (Å²) in [6, 6.07) is 0. The molecule has 0 radical (unpaired) electrons. The molecule has 5 heteroatoms. The Morgan fingerprint density at radius 1 is 0.633 bits per heavy atom. The molecule has 5 nitrogen and oxygen atoms in total. The Bertz CT molecular complexity index is 375. The molecule has 0 aromatic rings. The average Bonchev–Trinajstić information content (AvgIpc) is 2.74.